The van der Waals surface area contributed by atoms with Crippen LogP contribution in [0.4, 0.5) is 0 Å². The van der Waals surface area contributed by atoms with E-state index in [1.54, 1.807) is 18.4 Å². The van der Waals surface area contributed by atoms with Crippen LogP contribution in [0.1, 0.15) is 29.3 Å². The fourth-order valence-electron chi connectivity index (χ4n) is 2.69. The van der Waals surface area contributed by atoms with Crippen molar-refractivity contribution in [3.63, 3.8) is 0 Å². The molecule has 1 atom stereocenters. The number of halogens is 1. The zero-order valence-corrected chi connectivity index (χ0v) is 12.9. The first-order valence-electron chi connectivity index (χ1n) is 6.76. The SMILES string of the molecule is COc1cc(Cl)ccc1-c1nc2c(s1)CCCC2CN. The third kappa shape index (κ3) is 2.43. The molecule has 1 unspecified atom stereocenters. The minimum atomic E-state index is 0.405. The van der Waals surface area contributed by atoms with Crippen LogP contribution in [0, 0.1) is 0 Å². The number of methoxy groups -OCH3 is 1. The van der Waals surface area contributed by atoms with Crippen molar-refractivity contribution in [2.45, 2.75) is 25.2 Å². The number of fused-ring (bicyclic) bond motifs is 1. The summed E-state index contributed by atoms with van der Waals surface area (Å²) in [7, 11) is 1.66. The van der Waals surface area contributed by atoms with Gasteiger partial charge in [0.25, 0.3) is 0 Å². The summed E-state index contributed by atoms with van der Waals surface area (Å²) < 4.78 is 5.42. The van der Waals surface area contributed by atoms with Crippen molar-refractivity contribution in [1.82, 2.24) is 4.98 Å². The second-order valence-electron chi connectivity index (χ2n) is 5.00. The molecule has 1 aromatic heterocycles. The average Bonchev–Trinajstić information content (AvgIpc) is 2.90. The summed E-state index contributed by atoms with van der Waals surface area (Å²) in [6.45, 7) is 0.675. The lowest BCUT2D eigenvalue weighted by Gasteiger charge is -2.18. The van der Waals surface area contributed by atoms with E-state index in [-0.39, 0.29) is 0 Å². The maximum Gasteiger partial charge on any atom is 0.130 e. The number of benzene rings is 1. The van der Waals surface area contributed by atoms with E-state index >= 15 is 0 Å². The third-order valence-corrected chi connectivity index (χ3v) is 5.15. The highest BCUT2D eigenvalue weighted by atomic mass is 35.5. The molecule has 2 aromatic rings. The first-order chi connectivity index (χ1) is 9.72. The maximum atomic E-state index is 6.02. The van der Waals surface area contributed by atoms with E-state index in [1.165, 1.54) is 17.0 Å². The van der Waals surface area contributed by atoms with Crippen LogP contribution >= 0.6 is 22.9 Å². The van der Waals surface area contributed by atoms with Gasteiger partial charge in [-0.3, -0.25) is 0 Å². The van der Waals surface area contributed by atoms with Crippen LogP contribution in [0.2, 0.25) is 5.02 Å². The molecule has 0 bridgehead atoms. The summed E-state index contributed by atoms with van der Waals surface area (Å²) >= 11 is 7.77. The van der Waals surface area contributed by atoms with E-state index in [0.717, 1.165) is 29.2 Å². The molecule has 0 spiro atoms. The van der Waals surface area contributed by atoms with Gasteiger partial charge >= 0.3 is 0 Å². The smallest absolute Gasteiger partial charge is 0.130 e. The lowest BCUT2D eigenvalue weighted by molar-refractivity contribution is 0.416. The minimum absolute atomic E-state index is 0.405. The molecule has 0 radical (unpaired) electrons. The Morgan fingerprint density at radius 3 is 3.10 bits per heavy atom. The largest absolute Gasteiger partial charge is 0.496 e. The van der Waals surface area contributed by atoms with Crippen molar-refractivity contribution in [2.24, 2.45) is 5.73 Å². The van der Waals surface area contributed by atoms with Crippen LogP contribution in [0.15, 0.2) is 18.2 Å². The Morgan fingerprint density at radius 2 is 2.35 bits per heavy atom. The van der Waals surface area contributed by atoms with Gasteiger partial charge in [0.15, 0.2) is 0 Å². The molecule has 0 amide bonds. The monoisotopic (exact) mass is 308 g/mol. The van der Waals surface area contributed by atoms with Gasteiger partial charge in [-0.25, -0.2) is 4.98 Å². The molecular formula is C15H17ClN2OS. The molecule has 3 nitrogen and oxygen atoms in total. The molecule has 1 aliphatic rings. The Bertz CT molecular complexity index is 626. The molecule has 3 rings (SSSR count). The van der Waals surface area contributed by atoms with Crippen LogP contribution < -0.4 is 10.5 Å². The highest BCUT2D eigenvalue weighted by molar-refractivity contribution is 7.15. The molecule has 1 aromatic carbocycles. The first kappa shape index (κ1) is 13.9. The van der Waals surface area contributed by atoms with E-state index in [0.29, 0.717) is 17.5 Å². The Kier molecular flexibility index (Phi) is 3.96. The third-order valence-electron chi connectivity index (χ3n) is 3.75. The first-order valence-corrected chi connectivity index (χ1v) is 7.96. The summed E-state index contributed by atoms with van der Waals surface area (Å²) in [6, 6.07) is 5.68. The lowest BCUT2D eigenvalue weighted by Crippen LogP contribution is -2.17. The van der Waals surface area contributed by atoms with E-state index < -0.39 is 0 Å². The van der Waals surface area contributed by atoms with Gasteiger partial charge in [0.1, 0.15) is 10.8 Å². The molecule has 2 N–H and O–H groups in total. The van der Waals surface area contributed by atoms with Crippen LogP contribution in [-0.2, 0) is 6.42 Å². The second-order valence-corrected chi connectivity index (χ2v) is 6.52. The molecule has 1 aliphatic carbocycles. The second kappa shape index (κ2) is 5.72. The molecule has 1 heterocycles. The van der Waals surface area contributed by atoms with Crippen molar-refractivity contribution in [1.29, 1.82) is 0 Å². The number of thiazole rings is 1. The fourth-order valence-corrected chi connectivity index (χ4v) is 4.08. The molecular weight excluding hydrogens is 292 g/mol. The minimum Gasteiger partial charge on any atom is -0.496 e. The molecule has 5 heteroatoms. The van der Waals surface area contributed by atoms with Gasteiger partial charge in [-0.1, -0.05) is 11.6 Å². The van der Waals surface area contributed by atoms with Crippen molar-refractivity contribution >= 4 is 22.9 Å². The predicted octanol–water partition coefficient (Wildman–Crippen LogP) is 3.85. The van der Waals surface area contributed by atoms with Crippen molar-refractivity contribution in [2.75, 3.05) is 13.7 Å². The summed E-state index contributed by atoms with van der Waals surface area (Å²) in [5, 5.41) is 1.68. The van der Waals surface area contributed by atoms with Gasteiger partial charge < -0.3 is 10.5 Å². The summed E-state index contributed by atoms with van der Waals surface area (Å²) in [4.78, 5) is 6.20. The van der Waals surface area contributed by atoms with Crippen LogP contribution in [0.25, 0.3) is 10.6 Å². The number of nitrogens with zero attached hydrogens (tertiary/aromatic N) is 1. The number of hydrogen-bond donors (Lipinski definition) is 1. The van der Waals surface area contributed by atoms with Gasteiger partial charge in [0.2, 0.25) is 0 Å². The van der Waals surface area contributed by atoms with E-state index in [4.69, 9.17) is 27.1 Å². The number of rotatable bonds is 3. The number of hydrogen-bond acceptors (Lipinski definition) is 4. The van der Waals surface area contributed by atoms with Gasteiger partial charge in [0.05, 0.1) is 18.4 Å². The van der Waals surface area contributed by atoms with Gasteiger partial charge in [-0.2, -0.15) is 0 Å². The number of aromatic nitrogens is 1. The maximum absolute atomic E-state index is 6.02. The average molecular weight is 309 g/mol. The zero-order chi connectivity index (χ0) is 14.1. The zero-order valence-electron chi connectivity index (χ0n) is 11.4. The topological polar surface area (TPSA) is 48.1 Å². The van der Waals surface area contributed by atoms with Gasteiger partial charge in [-0.15, -0.1) is 11.3 Å². The molecule has 20 heavy (non-hydrogen) atoms. The number of ether oxygens (including phenoxy) is 1. The van der Waals surface area contributed by atoms with Crippen molar-refractivity contribution in [3.05, 3.63) is 33.8 Å². The quantitative estimate of drug-likeness (QED) is 0.937. The summed E-state index contributed by atoms with van der Waals surface area (Å²) in [6.07, 6.45) is 3.46. The number of aryl methyl sites for hydroxylation is 1. The fraction of sp³-hybridized carbons (Fsp3) is 0.400. The Morgan fingerprint density at radius 1 is 1.50 bits per heavy atom. The normalized spacial score (nSPS) is 17.9. The Labute approximate surface area is 127 Å². The number of nitrogens with two attached hydrogens (primary N) is 1. The van der Waals surface area contributed by atoms with Crippen molar-refractivity contribution < 1.29 is 4.74 Å². The summed E-state index contributed by atoms with van der Waals surface area (Å²) in [5.41, 5.74) is 8.06. The van der Waals surface area contributed by atoms with E-state index in [2.05, 4.69) is 0 Å². The van der Waals surface area contributed by atoms with E-state index in [9.17, 15) is 0 Å². The molecule has 0 aliphatic heterocycles. The van der Waals surface area contributed by atoms with Crippen LogP contribution in [0.3, 0.4) is 0 Å². The highest BCUT2D eigenvalue weighted by Crippen LogP contribution is 2.40. The van der Waals surface area contributed by atoms with Crippen molar-refractivity contribution in [3.8, 4) is 16.3 Å². The molecule has 0 fully saturated rings. The molecule has 106 valence electrons. The van der Waals surface area contributed by atoms with Gasteiger partial charge in [-0.05, 0) is 37.5 Å². The highest BCUT2D eigenvalue weighted by Gasteiger charge is 2.24. The lowest BCUT2D eigenvalue weighted by atomic mass is 9.91. The Balaban J connectivity index is 2.05. The van der Waals surface area contributed by atoms with Gasteiger partial charge in [0, 0.05) is 22.4 Å². The predicted molar refractivity (Wildman–Crippen MR) is 83.8 cm³/mol. The van der Waals surface area contributed by atoms with E-state index in [1.807, 2.05) is 18.2 Å². The molecule has 0 saturated heterocycles. The standard InChI is InChI=1S/C15H17ClN2OS/c1-19-12-7-10(16)5-6-11(12)15-18-14-9(8-17)3-2-4-13(14)20-15/h5-7,9H,2-4,8,17H2,1H3. The summed E-state index contributed by atoms with van der Waals surface area (Å²) in [5.74, 6) is 1.18. The van der Waals surface area contributed by atoms with Crippen LogP contribution in [-0.4, -0.2) is 18.6 Å². The van der Waals surface area contributed by atoms with Crippen LogP contribution in [0.5, 0.6) is 5.75 Å². The molecule has 0 saturated carbocycles. The Hall–Kier alpha value is -1.10.